The van der Waals surface area contributed by atoms with Crippen LogP contribution in [0.1, 0.15) is 5.56 Å². The SMILES string of the molecule is C[Si-](C)(C)CCOCN1C(=O)Cc2cccnc21. The van der Waals surface area contributed by atoms with Gasteiger partial charge in [-0.3, -0.25) is 9.69 Å². The van der Waals surface area contributed by atoms with Gasteiger partial charge in [0.05, 0.1) is 6.42 Å². The molecule has 0 spiro atoms. The number of nitrogens with zero attached hydrogens (tertiary/aromatic N) is 2. The molecule has 0 saturated heterocycles. The first-order valence-corrected chi connectivity index (χ1v) is 10.00. The highest BCUT2D eigenvalue weighted by Crippen LogP contribution is 2.25. The first-order chi connectivity index (χ1) is 8.47. The zero-order valence-electron chi connectivity index (χ0n) is 11.3. The van der Waals surface area contributed by atoms with Gasteiger partial charge in [0.2, 0.25) is 5.91 Å². The van der Waals surface area contributed by atoms with Gasteiger partial charge < -0.3 is 4.74 Å². The predicted molar refractivity (Wildman–Crippen MR) is 74.4 cm³/mol. The van der Waals surface area contributed by atoms with E-state index < -0.39 is 8.07 Å². The van der Waals surface area contributed by atoms with Gasteiger partial charge in [0, 0.05) is 18.4 Å². The van der Waals surface area contributed by atoms with Crippen molar-refractivity contribution in [1.29, 1.82) is 0 Å². The van der Waals surface area contributed by atoms with Gasteiger partial charge in [0.15, 0.2) is 0 Å². The van der Waals surface area contributed by atoms with E-state index in [0.29, 0.717) is 13.2 Å². The minimum absolute atomic E-state index is 0.0803. The zero-order valence-corrected chi connectivity index (χ0v) is 12.3. The van der Waals surface area contributed by atoms with Gasteiger partial charge in [0.25, 0.3) is 0 Å². The quantitative estimate of drug-likeness (QED) is 0.605. The minimum Gasteiger partial charge on any atom is -0.364 e. The Balaban J connectivity index is 1.89. The largest absolute Gasteiger partial charge is 0.364 e. The molecule has 99 valence electrons. The molecule has 0 atom stereocenters. The summed E-state index contributed by atoms with van der Waals surface area (Å²) in [7, 11) is -1.07. The lowest BCUT2D eigenvalue weighted by Gasteiger charge is -2.27. The second-order valence-corrected chi connectivity index (χ2v) is 11.5. The molecule has 18 heavy (non-hydrogen) atoms. The maximum Gasteiger partial charge on any atom is 0.234 e. The number of aromatic nitrogens is 1. The molecule has 1 aromatic rings. The molecule has 0 saturated carbocycles. The van der Waals surface area contributed by atoms with Crippen LogP contribution in [0, 0.1) is 0 Å². The van der Waals surface area contributed by atoms with Crippen molar-refractivity contribution >= 4 is 19.8 Å². The number of anilines is 1. The Hall–Kier alpha value is -1.20. The third kappa shape index (κ3) is 3.17. The van der Waals surface area contributed by atoms with E-state index in [2.05, 4.69) is 24.6 Å². The number of ether oxygens (including phenoxy) is 1. The summed E-state index contributed by atoms with van der Waals surface area (Å²) in [6.07, 6.45) is 2.16. The molecule has 0 bridgehead atoms. The lowest BCUT2D eigenvalue weighted by molar-refractivity contribution is -0.118. The molecule has 0 N–H and O–H groups in total. The van der Waals surface area contributed by atoms with E-state index in [9.17, 15) is 4.79 Å². The lowest BCUT2D eigenvalue weighted by Crippen LogP contribution is -2.31. The number of pyridine rings is 1. The summed E-state index contributed by atoms with van der Waals surface area (Å²) in [4.78, 5) is 17.7. The average Bonchev–Trinajstić information content (AvgIpc) is 2.59. The molecule has 0 unspecified atom stereocenters. The number of fused-ring (bicyclic) bond motifs is 1. The van der Waals surface area contributed by atoms with Crippen molar-refractivity contribution in [2.75, 3.05) is 18.2 Å². The van der Waals surface area contributed by atoms with Gasteiger partial charge in [-0.1, -0.05) is 6.07 Å². The van der Waals surface area contributed by atoms with E-state index in [1.54, 1.807) is 11.1 Å². The molecule has 0 aliphatic carbocycles. The number of carbonyl (C=O) groups excluding carboxylic acids is 1. The lowest BCUT2D eigenvalue weighted by atomic mass is 10.2. The van der Waals surface area contributed by atoms with Crippen molar-refractivity contribution in [3.63, 3.8) is 0 Å². The third-order valence-corrected chi connectivity index (χ3v) is 4.69. The van der Waals surface area contributed by atoms with Crippen LogP contribution in [0.3, 0.4) is 0 Å². The number of hydrogen-bond acceptors (Lipinski definition) is 3. The monoisotopic (exact) mass is 264 g/mol. The Morgan fingerprint density at radius 1 is 1.44 bits per heavy atom. The maximum atomic E-state index is 11.8. The van der Waals surface area contributed by atoms with Gasteiger partial charge in [-0.2, -0.15) is 19.6 Å². The highest BCUT2D eigenvalue weighted by atomic mass is 28.3. The average molecular weight is 264 g/mol. The van der Waals surface area contributed by atoms with Gasteiger partial charge in [-0.15, -0.1) is 14.1 Å². The van der Waals surface area contributed by atoms with Crippen molar-refractivity contribution in [3.05, 3.63) is 23.9 Å². The smallest absolute Gasteiger partial charge is 0.234 e. The van der Waals surface area contributed by atoms with E-state index in [0.717, 1.165) is 24.0 Å². The van der Waals surface area contributed by atoms with Crippen LogP contribution in [0.5, 0.6) is 0 Å². The van der Waals surface area contributed by atoms with E-state index in [-0.39, 0.29) is 5.91 Å². The molecule has 1 aliphatic heterocycles. The van der Waals surface area contributed by atoms with E-state index in [4.69, 9.17) is 4.74 Å². The Morgan fingerprint density at radius 2 is 2.22 bits per heavy atom. The Bertz CT molecular complexity index is 443. The summed E-state index contributed by atoms with van der Waals surface area (Å²) in [5.41, 5.74) is 0.997. The molecule has 1 amide bonds. The van der Waals surface area contributed by atoms with Gasteiger partial charge >= 0.3 is 0 Å². The molecule has 1 aromatic heterocycles. The molecular weight excluding hydrogens is 244 g/mol. The van der Waals surface area contributed by atoms with Crippen LogP contribution in [0.15, 0.2) is 18.3 Å². The molecule has 2 heterocycles. The van der Waals surface area contributed by atoms with E-state index in [1.165, 1.54) is 0 Å². The van der Waals surface area contributed by atoms with Crippen LogP contribution >= 0.6 is 0 Å². The molecule has 1 aliphatic rings. The summed E-state index contributed by atoms with van der Waals surface area (Å²) >= 11 is 0. The first kappa shape index (κ1) is 13.2. The molecule has 0 fully saturated rings. The number of amides is 1. The standard InChI is InChI=1S/C13H20N2O2Si/c1-18(2,3)8-7-17-10-15-12(16)9-11-5-4-6-14-13(11)15/h4-6H,7-10H2,1-3H3/q-1. The molecular formula is C13H20N2O2Si-. The minimum atomic E-state index is -1.07. The second-order valence-electron chi connectivity index (χ2n) is 5.83. The summed E-state index contributed by atoms with van der Waals surface area (Å²) in [6.45, 7) is 7.99. The highest BCUT2D eigenvalue weighted by molar-refractivity contribution is 6.76. The number of carbonyl (C=O) groups is 1. The van der Waals surface area contributed by atoms with Crippen LogP contribution in [0.4, 0.5) is 5.82 Å². The highest BCUT2D eigenvalue weighted by Gasteiger charge is 2.27. The second kappa shape index (κ2) is 5.20. The fourth-order valence-electron chi connectivity index (χ4n) is 1.86. The fourth-order valence-corrected chi connectivity index (χ4v) is 2.61. The summed E-state index contributed by atoms with van der Waals surface area (Å²) in [5, 5.41) is 0. The summed E-state index contributed by atoms with van der Waals surface area (Å²) in [6, 6.07) is 4.92. The molecule has 0 radical (unpaired) electrons. The molecule has 0 aromatic carbocycles. The van der Waals surface area contributed by atoms with E-state index >= 15 is 0 Å². The van der Waals surface area contributed by atoms with Crippen molar-refractivity contribution in [1.82, 2.24) is 4.98 Å². The van der Waals surface area contributed by atoms with Crippen LogP contribution in [0.2, 0.25) is 25.7 Å². The predicted octanol–water partition coefficient (Wildman–Crippen LogP) is 2.28. The molecule has 5 heteroatoms. The van der Waals surface area contributed by atoms with Crippen LogP contribution < -0.4 is 4.90 Å². The van der Waals surface area contributed by atoms with Crippen LogP contribution in [-0.2, 0) is 16.0 Å². The Labute approximate surface area is 109 Å². The third-order valence-electron chi connectivity index (χ3n) is 2.98. The zero-order chi connectivity index (χ0) is 13.2. The fraction of sp³-hybridized carbons (Fsp3) is 0.538. The normalized spacial score (nSPS) is 15.1. The van der Waals surface area contributed by atoms with Crippen LogP contribution in [-0.4, -0.2) is 32.3 Å². The summed E-state index contributed by atoms with van der Waals surface area (Å²) in [5.74, 6) is 0.840. The maximum absolute atomic E-state index is 11.8. The van der Waals surface area contributed by atoms with Gasteiger partial charge in [-0.25, -0.2) is 4.98 Å². The van der Waals surface area contributed by atoms with Crippen LogP contribution in [0.25, 0.3) is 0 Å². The Kier molecular flexibility index (Phi) is 3.82. The number of hydrogen-bond donors (Lipinski definition) is 0. The molecule has 2 rings (SSSR count). The van der Waals surface area contributed by atoms with Crippen molar-refractivity contribution in [3.8, 4) is 0 Å². The summed E-state index contributed by atoms with van der Waals surface area (Å²) < 4.78 is 5.62. The van der Waals surface area contributed by atoms with Crippen molar-refractivity contribution in [2.24, 2.45) is 0 Å². The van der Waals surface area contributed by atoms with E-state index in [1.807, 2.05) is 12.1 Å². The first-order valence-electron chi connectivity index (χ1n) is 6.29. The van der Waals surface area contributed by atoms with Crippen molar-refractivity contribution < 1.29 is 9.53 Å². The Morgan fingerprint density at radius 3 is 2.94 bits per heavy atom. The van der Waals surface area contributed by atoms with Gasteiger partial charge in [-0.05, 0) is 6.07 Å². The number of rotatable bonds is 5. The van der Waals surface area contributed by atoms with Gasteiger partial charge in [0.1, 0.15) is 12.5 Å². The molecule has 4 nitrogen and oxygen atoms in total. The van der Waals surface area contributed by atoms with Crippen molar-refractivity contribution in [2.45, 2.75) is 32.1 Å². The topological polar surface area (TPSA) is 42.4 Å².